The number of halogens is 1. The zero-order chi connectivity index (χ0) is 19.8. The van der Waals surface area contributed by atoms with E-state index in [0.29, 0.717) is 22.0 Å². The van der Waals surface area contributed by atoms with Gasteiger partial charge >= 0.3 is 0 Å². The van der Waals surface area contributed by atoms with Crippen molar-refractivity contribution in [2.45, 2.75) is 4.90 Å². The second-order valence-electron chi connectivity index (χ2n) is 5.62. The summed E-state index contributed by atoms with van der Waals surface area (Å²) in [5, 5.41) is 12.6. The maximum absolute atomic E-state index is 12.4. The van der Waals surface area contributed by atoms with Crippen molar-refractivity contribution in [1.29, 1.82) is 0 Å². The van der Waals surface area contributed by atoms with Crippen molar-refractivity contribution in [2.24, 2.45) is 10.2 Å². The first-order chi connectivity index (χ1) is 12.7. The van der Waals surface area contributed by atoms with E-state index in [1.165, 1.54) is 23.1 Å². The van der Waals surface area contributed by atoms with Gasteiger partial charge in [0.25, 0.3) is 5.91 Å². The number of fused-ring (bicyclic) bond motifs is 1. The lowest BCUT2D eigenvalue weighted by molar-refractivity contribution is -0.111. The normalized spacial score (nSPS) is 15.0. The van der Waals surface area contributed by atoms with Gasteiger partial charge in [-0.2, -0.15) is 5.10 Å². The van der Waals surface area contributed by atoms with E-state index in [1.807, 2.05) is 0 Å². The van der Waals surface area contributed by atoms with Crippen LogP contribution in [0.1, 0.15) is 5.56 Å². The number of likely N-dealkylation sites (N-methyl/N-ethyl adjacent to an activating group) is 1. The molecule has 140 valence electrons. The van der Waals surface area contributed by atoms with Crippen LogP contribution in [-0.2, 0) is 14.8 Å². The van der Waals surface area contributed by atoms with E-state index in [9.17, 15) is 13.2 Å². The molecule has 11 heteroatoms. The maximum atomic E-state index is 12.4. The fraction of sp³-hybridized carbons (Fsp3) is 0.0625. The van der Waals surface area contributed by atoms with E-state index in [4.69, 9.17) is 29.0 Å². The van der Waals surface area contributed by atoms with Gasteiger partial charge < -0.3 is 10.2 Å². The number of benzene rings is 2. The van der Waals surface area contributed by atoms with Gasteiger partial charge in [0.15, 0.2) is 10.8 Å². The van der Waals surface area contributed by atoms with Crippen molar-refractivity contribution in [3.05, 3.63) is 53.1 Å². The van der Waals surface area contributed by atoms with E-state index >= 15 is 0 Å². The Bertz CT molecular complexity index is 1090. The molecule has 8 nitrogen and oxygen atoms in total. The van der Waals surface area contributed by atoms with Crippen molar-refractivity contribution >= 4 is 61.9 Å². The highest BCUT2D eigenvalue weighted by Crippen LogP contribution is 2.30. The quantitative estimate of drug-likeness (QED) is 0.510. The number of nitrogens with two attached hydrogens (primary N) is 1. The van der Waals surface area contributed by atoms with Crippen LogP contribution in [0.3, 0.4) is 0 Å². The highest BCUT2D eigenvalue weighted by Gasteiger charge is 2.31. The standard InChI is InChI=1S/C16H14ClN5O3S2/c1-22-13-7-9(17)5-6-12(13)14(15(22)23)20-21-16(26)19-10-3-2-4-11(8-10)27(18,24)25/h2-8H,1H3,(H2,18,24,25)(H2,19,21,26). The summed E-state index contributed by atoms with van der Waals surface area (Å²) in [4.78, 5) is 13.7. The Morgan fingerprint density at radius 3 is 2.70 bits per heavy atom. The number of amides is 1. The molecule has 0 saturated heterocycles. The number of thiocarbonyl (C=S) groups is 1. The third-order valence-electron chi connectivity index (χ3n) is 3.77. The van der Waals surface area contributed by atoms with Gasteiger partial charge in [0, 0.05) is 23.3 Å². The molecule has 2 aromatic rings. The predicted molar refractivity (Wildman–Crippen MR) is 109 cm³/mol. The third kappa shape index (κ3) is 4.08. The highest BCUT2D eigenvalue weighted by molar-refractivity contribution is 7.89. The van der Waals surface area contributed by atoms with Gasteiger partial charge in [-0.05, 0) is 48.6 Å². The first kappa shape index (κ1) is 19.2. The zero-order valence-corrected chi connectivity index (χ0v) is 16.3. The number of hydrogen-bond donors (Lipinski definition) is 3. The summed E-state index contributed by atoms with van der Waals surface area (Å²) in [5.41, 5.74) is 4.45. The van der Waals surface area contributed by atoms with E-state index in [1.54, 1.807) is 31.3 Å². The number of hydrazone groups is 1. The van der Waals surface area contributed by atoms with Crippen LogP contribution in [0.15, 0.2) is 52.5 Å². The molecule has 1 aliphatic rings. The molecule has 0 saturated carbocycles. The van der Waals surface area contributed by atoms with E-state index in [0.717, 1.165) is 0 Å². The van der Waals surface area contributed by atoms with Crippen molar-refractivity contribution in [3.63, 3.8) is 0 Å². The molecular weight excluding hydrogens is 410 g/mol. The highest BCUT2D eigenvalue weighted by atomic mass is 35.5. The number of rotatable bonds is 3. The Morgan fingerprint density at radius 1 is 1.26 bits per heavy atom. The average molecular weight is 424 g/mol. The molecule has 0 aliphatic carbocycles. The van der Waals surface area contributed by atoms with Gasteiger partial charge in [0.1, 0.15) is 0 Å². The lowest BCUT2D eigenvalue weighted by Gasteiger charge is -2.09. The fourth-order valence-corrected chi connectivity index (χ4v) is 3.38. The first-order valence-electron chi connectivity index (χ1n) is 7.52. The van der Waals surface area contributed by atoms with Crippen LogP contribution in [0.2, 0.25) is 5.02 Å². The molecule has 0 atom stereocenters. The molecule has 27 heavy (non-hydrogen) atoms. The van der Waals surface area contributed by atoms with E-state index in [2.05, 4.69) is 15.8 Å². The minimum absolute atomic E-state index is 0.0555. The summed E-state index contributed by atoms with van der Waals surface area (Å²) in [6.07, 6.45) is 0. The number of carbonyl (C=O) groups is 1. The Hall–Kier alpha value is -2.53. The summed E-state index contributed by atoms with van der Waals surface area (Å²) in [5.74, 6) is -0.307. The summed E-state index contributed by atoms with van der Waals surface area (Å²) in [7, 11) is -2.21. The van der Waals surface area contributed by atoms with Gasteiger partial charge in [-0.25, -0.2) is 13.6 Å². The molecule has 1 aliphatic heterocycles. The number of nitrogens with zero attached hydrogens (tertiary/aromatic N) is 2. The van der Waals surface area contributed by atoms with Gasteiger partial charge in [0.2, 0.25) is 10.0 Å². The Kier molecular flexibility index (Phi) is 5.16. The second kappa shape index (κ2) is 7.24. The van der Waals surface area contributed by atoms with Gasteiger partial charge in [-0.15, -0.1) is 0 Å². The van der Waals surface area contributed by atoms with Gasteiger partial charge in [0.05, 0.1) is 10.6 Å². The summed E-state index contributed by atoms with van der Waals surface area (Å²) < 4.78 is 22.8. The molecule has 0 unspecified atom stereocenters. The van der Waals surface area contributed by atoms with Crippen LogP contribution in [0.5, 0.6) is 0 Å². The van der Waals surface area contributed by atoms with E-state index < -0.39 is 10.0 Å². The first-order valence-corrected chi connectivity index (χ1v) is 9.85. The minimum atomic E-state index is -3.83. The molecule has 0 aromatic heterocycles. The van der Waals surface area contributed by atoms with Gasteiger partial charge in [-0.1, -0.05) is 17.7 Å². The number of primary sulfonamides is 1. The average Bonchev–Trinajstić information content (AvgIpc) is 2.83. The van der Waals surface area contributed by atoms with Crippen LogP contribution >= 0.6 is 23.8 Å². The molecule has 2 aromatic carbocycles. The molecule has 3 rings (SSSR count). The third-order valence-corrected chi connectivity index (χ3v) is 5.11. The monoisotopic (exact) mass is 423 g/mol. The molecule has 1 heterocycles. The fourth-order valence-electron chi connectivity index (χ4n) is 2.49. The largest absolute Gasteiger partial charge is 0.331 e. The minimum Gasteiger partial charge on any atom is -0.331 e. The Balaban J connectivity index is 1.77. The van der Waals surface area contributed by atoms with Crippen molar-refractivity contribution in [2.75, 3.05) is 17.3 Å². The topological polar surface area (TPSA) is 117 Å². The molecule has 0 bridgehead atoms. The second-order valence-corrected chi connectivity index (χ2v) is 8.03. The molecule has 1 amide bonds. The van der Waals surface area contributed by atoms with Crippen molar-refractivity contribution < 1.29 is 13.2 Å². The number of anilines is 2. The lowest BCUT2D eigenvalue weighted by atomic mass is 10.1. The van der Waals surface area contributed by atoms with Crippen LogP contribution in [-0.4, -0.2) is 32.2 Å². The number of hydrogen-bond acceptors (Lipinski definition) is 5. The summed E-state index contributed by atoms with van der Waals surface area (Å²) in [6, 6.07) is 10.9. The van der Waals surface area contributed by atoms with Crippen LogP contribution in [0.25, 0.3) is 0 Å². The number of nitrogens with one attached hydrogen (secondary N) is 2. The number of sulfonamides is 1. The molecule has 0 radical (unpaired) electrons. The van der Waals surface area contributed by atoms with Crippen molar-refractivity contribution in [3.8, 4) is 0 Å². The predicted octanol–water partition coefficient (Wildman–Crippen LogP) is 1.65. The van der Waals surface area contributed by atoms with E-state index in [-0.39, 0.29) is 21.6 Å². The molecular formula is C16H14ClN5O3S2. The van der Waals surface area contributed by atoms with Crippen LogP contribution < -0.4 is 20.8 Å². The molecule has 0 spiro atoms. The summed E-state index contributed by atoms with van der Waals surface area (Å²) >= 11 is 11.1. The summed E-state index contributed by atoms with van der Waals surface area (Å²) in [6.45, 7) is 0. The Morgan fingerprint density at radius 2 is 2.00 bits per heavy atom. The molecule has 0 fully saturated rings. The lowest BCUT2D eigenvalue weighted by Crippen LogP contribution is -2.30. The Labute approximate surface area is 166 Å². The zero-order valence-electron chi connectivity index (χ0n) is 13.9. The van der Waals surface area contributed by atoms with Gasteiger partial charge in [-0.3, -0.25) is 10.2 Å². The van der Waals surface area contributed by atoms with Crippen molar-refractivity contribution in [1.82, 2.24) is 5.43 Å². The number of carbonyl (C=O) groups excluding carboxylic acids is 1. The SMILES string of the molecule is CN1C(=O)C(=NNC(=S)Nc2cccc(S(N)(=O)=O)c2)c2ccc(Cl)cc21. The maximum Gasteiger partial charge on any atom is 0.279 e. The van der Waals surface area contributed by atoms with Crippen LogP contribution in [0, 0.1) is 0 Å². The van der Waals surface area contributed by atoms with Crippen LogP contribution in [0.4, 0.5) is 11.4 Å². The smallest absolute Gasteiger partial charge is 0.279 e. The molecule has 4 N–H and O–H groups in total.